The normalized spacial score (nSPS) is 10.2. The van der Waals surface area contributed by atoms with Gasteiger partial charge < -0.3 is 5.32 Å². The van der Waals surface area contributed by atoms with Crippen molar-refractivity contribution in [3.05, 3.63) is 54.1 Å². The maximum absolute atomic E-state index is 11.9. The van der Waals surface area contributed by atoms with Gasteiger partial charge in [-0.3, -0.25) is 9.59 Å². The number of amides is 1. The van der Waals surface area contributed by atoms with Crippen molar-refractivity contribution in [2.24, 2.45) is 0 Å². The van der Waals surface area contributed by atoms with Gasteiger partial charge in [0.15, 0.2) is 5.78 Å². The standard InChI is InChI=1S/C17H17NO2S/c1-3-16(20)15-6-4-5-7-17(15)21-14-10-8-13(9-11-14)18-12(2)19/h4-11H,3H2,1-2H3,(H,18,19). The summed E-state index contributed by atoms with van der Waals surface area (Å²) in [7, 11) is 0. The van der Waals surface area contributed by atoms with Gasteiger partial charge >= 0.3 is 0 Å². The first kappa shape index (κ1) is 15.3. The van der Waals surface area contributed by atoms with Crippen molar-refractivity contribution in [3.8, 4) is 0 Å². The molecule has 0 saturated carbocycles. The van der Waals surface area contributed by atoms with Gasteiger partial charge in [-0.2, -0.15) is 0 Å². The third-order valence-electron chi connectivity index (χ3n) is 2.91. The highest BCUT2D eigenvalue weighted by Crippen LogP contribution is 2.31. The van der Waals surface area contributed by atoms with Crippen molar-refractivity contribution in [3.63, 3.8) is 0 Å². The lowest BCUT2D eigenvalue weighted by Crippen LogP contribution is -2.05. The fourth-order valence-corrected chi connectivity index (χ4v) is 2.88. The summed E-state index contributed by atoms with van der Waals surface area (Å²) >= 11 is 1.55. The maximum Gasteiger partial charge on any atom is 0.221 e. The zero-order valence-electron chi connectivity index (χ0n) is 12.1. The number of rotatable bonds is 5. The molecule has 0 aromatic heterocycles. The van der Waals surface area contributed by atoms with Crippen LogP contribution >= 0.6 is 11.8 Å². The van der Waals surface area contributed by atoms with Crippen molar-refractivity contribution in [1.82, 2.24) is 0 Å². The quantitative estimate of drug-likeness (QED) is 0.833. The van der Waals surface area contributed by atoms with Crippen LogP contribution in [-0.2, 0) is 4.79 Å². The van der Waals surface area contributed by atoms with E-state index < -0.39 is 0 Å². The fraction of sp³-hybridized carbons (Fsp3) is 0.176. The minimum atomic E-state index is -0.0886. The predicted molar refractivity (Wildman–Crippen MR) is 85.9 cm³/mol. The van der Waals surface area contributed by atoms with Crippen molar-refractivity contribution in [2.75, 3.05) is 5.32 Å². The summed E-state index contributed by atoms with van der Waals surface area (Å²) in [6.07, 6.45) is 0.499. The second-order valence-corrected chi connectivity index (χ2v) is 5.70. The van der Waals surface area contributed by atoms with Crippen LogP contribution in [0.2, 0.25) is 0 Å². The average Bonchev–Trinajstić information content (AvgIpc) is 2.48. The Morgan fingerprint density at radius 1 is 1.05 bits per heavy atom. The third-order valence-corrected chi connectivity index (χ3v) is 3.99. The van der Waals surface area contributed by atoms with E-state index in [0.717, 1.165) is 21.0 Å². The van der Waals surface area contributed by atoms with Crippen LogP contribution < -0.4 is 5.32 Å². The fourth-order valence-electron chi connectivity index (χ4n) is 1.91. The Labute approximate surface area is 128 Å². The monoisotopic (exact) mass is 299 g/mol. The van der Waals surface area contributed by atoms with Crippen LogP contribution in [0.25, 0.3) is 0 Å². The van der Waals surface area contributed by atoms with Crippen molar-refractivity contribution in [1.29, 1.82) is 0 Å². The van der Waals surface area contributed by atoms with E-state index in [9.17, 15) is 9.59 Å². The van der Waals surface area contributed by atoms with Crippen LogP contribution in [0.3, 0.4) is 0 Å². The van der Waals surface area contributed by atoms with Gasteiger partial charge in [0.05, 0.1) is 0 Å². The number of hydrogen-bond acceptors (Lipinski definition) is 3. The molecule has 21 heavy (non-hydrogen) atoms. The summed E-state index contributed by atoms with van der Waals surface area (Å²) in [5.74, 6) is 0.0576. The summed E-state index contributed by atoms with van der Waals surface area (Å²) in [5, 5.41) is 2.73. The Morgan fingerprint density at radius 3 is 2.33 bits per heavy atom. The molecular weight excluding hydrogens is 282 g/mol. The second-order valence-electron chi connectivity index (χ2n) is 4.58. The molecule has 2 aromatic rings. The highest BCUT2D eigenvalue weighted by molar-refractivity contribution is 7.99. The number of Topliss-reactive ketones (excluding diaryl/α,β-unsaturated/α-hetero) is 1. The number of benzene rings is 2. The summed E-state index contributed by atoms with van der Waals surface area (Å²) in [4.78, 5) is 24.9. The molecule has 1 N–H and O–H groups in total. The Kier molecular flexibility index (Phi) is 5.17. The van der Waals surface area contributed by atoms with Gasteiger partial charge in [-0.05, 0) is 30.3 Å². The lowest BCUT2D eigenvalue weighted by atomic mass is 10.1. The molecule has 0 bridgehead atoms. The molecular formula is C17H17NO2S. The molecule has 1 amide bonds. The van der Waals surface area contributed by atoms with E-state index in [4.69, 9.17) is 0 Å². The topological polar surface area (TPSA) is 46.2 Å². The van der Waals surface area contributed by atoms with Crippen molar-refractivity contribution in [2.45, 2.75) is 30.1 Å². The van der Waals surface area contributed by atoms with Gasteiger partial charge in [0.2, 0.25) is 5.91 Å². The van der Waals surface area contributed by atoms with E-state index in [1.165, 1.54) is 6.92 Å². The summed E-state index contributed by atoms with van der Waals surface area (Å²) < 4.78 is 0. The van der Waals surface area contributed by atoms with Gasteiger partial charge in [-0.15, -0.1) is 0 Å². The average molecular weight is 299 g/mol. The molecule has 3 nitrogen and oxygen atoms in total. The van der Waals surface area contributed by atoms with Crippen LogP contribution in [0, 0.1) is 0 Å². The molecule has 0 atom stereocenters. The molecule has 0 spiro atoms. The Balaban J connectivity index is 2.18. The van der Waals surface area contributed by atoms with Gasteiger partial charge in [-0.1, -0.05) is 36.9 Å². The lowest BCUT2D eigenvalue weighted by Gasteiger charge is -2.08. The van der Waals surface area contributed by atoms with E-state index in [-0.39, 0.29) is 11.7 Å². The Bertz CT molecular complexity index is 650. The first-order valence-corrected chi connectivity index (χ1v) is 7.59. The van der Waals surface area contributed by atoms with Gasteiger partial charge in [-0.25, -0.2) is 0 Å². The van der Waals surface area contributed by atoms with Gasteiger partial charge in [0.25, 0.3) is 0 Å². The molecule has 2 rings (SSSR count). The number of carbonyl (C=O) groups excluding carboxylic acids is 2. The molecule has 4 heteroatoms. The second kappa shape index (κ2) is 7.09. The third kappa shape index (κ3) is 4.20. The minimum Gasteiger partial charge on any atom is -0.326 e. The molecule has 0 aliphatic carbocycles. The molecule has 0 fully saturated rings. The zero-order chi connectivity index (χ0) is 15.2. The Hall–Kier alpha value is -2.07. The number of hydrogen-bond donors (Lipinski definition) is 1. The maximum atomic E-state index is 11.9. The molecule has 0 unspecified atom stereocenters. The highest BCUT2D eigenvalue weighted by atomic mass is 32.2. The molecule has 0 aliphatic heterocycles. The van der Waals surface area contributed by atoms with E-state index in [1.54, 1.807) is 11.8 Å². The van der Waals surface area contributed by atoms with Crippen LogP contribution in [0.4, 0.5) is 5.69 Å². The van der Waals surface area contributed by atoms with Gasteiger partial charge in [0.1, 0.15) is 0 Å². The highest BCUT2D eigenvalue weighted by Gasteiger charge is 2.10. The van der Waals surface area contributed by atoms with E-state index in [2.05, 4.69) is 5.32 Å². The SMILES string of the molecule is CCC(=O)c1ccccc1Sc1ccc(NC(C)=O)cc1. The van der Waals surface area contributed by atoms with Crippen LogP contribution in [-0.4, -0.2) is 11.7 Å². The molecule has 0 saturated heterocycles. The molecule has 0 aliphatic rings. The largest absolute Gasteiger partial charge is 0.326 e. The molecule has 108 valence electrons. The number of anilines is 1. The molecule has 2 aromatic carbocycles. The van der Waals surface area contributed by atoms with Gasteiger partial charge in [0, 0.05) is 34.4 Å². The molecule has 0 radical (unpaired) electrons. The van der Waals surface area contributed by atoms with E-state index in [0.29, 0.717) is 6.42 Å². The van der Waals surface area contributed by atoms with Crippen LogP contribution in [0.1, 0.15) is 30.6 Å². The minimum absolute atomic E-state index is 0.0886. The van der Waals surface area contributed by atoms with Crippen LogP contribution in [0.15, 0.2) is 58.3 Å². The van der Waals surface area contributed by atoms with Crippen molar-refractivity contribution < 1.29 is 9.59 Å². The summed E-state index contributed by atoms with van der Waals surface area (Å²) in [6.45, 7) is 3.35. The number of nitrogens with one attached hydrogen (secondary N) is 1. The van der Waals surface area contributed by atoms with E-state index >= 15 is 0 Å². The number of carbonyl (C=O) groups is 2. The molecule has 0 heterocycles. The van der Waals surface area contributed by atoms with Crippen LogP contribution in [0.5, 0.6) is 0 Å². The summed E-state index contributed by atoms with van der Waals surface area (Å²) in [6, 6.07) is 15.2. The first-order valence-electron chi connectivity index (χ1n) is 6.78. The Morgan fingerprint density at radius 2 is 1.71 bits per heavy atom. The summed E-state index contributed by atoms with van der Waals surface area (Å²) in [5.41, 5.74) is 1.53. The number of ketones is 1. The first-order chi connectivity index (χ1) is 10.1. The zero-order valence-corrected chi connectivity index (χ0v) is 12.9. The predicted octanol–water partition coefficient (Wildman–Crippen LogP) is 4.39. The lowest BCUT2D eigenvalue weighted by molar-refractivity contribution is -0.114. The van der Waals surface area contributed by atoms with Crippen molar-refractivity contribution >= 4 is 29.1 Å². The smallest absolute Gasteiger partial charge is 0.221 e. The van der Waals surface area contributed by atoms with E-state index in [1.807, 2.05) is 55.5 Å².